The summed E-state index contributed by atoms with van der Waals surface area (Å²) in [6.07, 6.45) is 5.19. The molecule has 1 aliphatic rings. The van der Waals surface area contributed by atoms with Crippen LogP contribution in [-0.2, 0) is 0 Å². The molecule has 0 saturated carbocycles. The molecule has 0 fully saturated rings. The van der Waals surface area contributed by atoms with Crippen molar-refractivity contribution in [3.8, 4) is 0 Å². The zero-order valence-electron chi connectivity index (χ0n) is 10.3. The van der Waals surface area contributed by atoms with Crippen LogP contribution in [0.25, 0.3) is 5.57 Å². The van der Waals surface area contributed by atoms with E-state index in [1.165, 1.54) is 5.57 Å². The van der Waals surface area contributed by atoms with E-state index < -0.39 is 0 Å². The van der Waals surface area contributed by atoms with Crippen LogP contribution >= 0.6 is 0 Å². The van der Waals surface area contributed by atoms with E-state index in [0.29, 0.717) is 11.5 Å². The monoisotopic (exact) mass is 216 g/mol. The first kappa shape index (κ1) is 11.3. The number of aromatic nitrogens is 1. The fourth-order valence-electron chi connectivity index (χ4n) is 2.07. The standard InChI is InChI=1S/C14H20N2/c1-14(2,3)13-10-11(7-9-16-13)12-6-4-5-8-15-12/h4-8,13,16H,9-10H2,1-3H3. The number of nitrogens with zero attached hydrogens (tertiary/aromatic N) is 1. The Labute approximate surface area is 97.8 Å². The van der Waals surface area contributed by atoms with Gasteiger partial charge in [-0.2, -0.15) is 0 Å². The van der Waals surface area contributed by atoms with Crippen LogP contribution in [0.2, 0.25) is 0 Å². The molecular weight excluding hydrogens is 196 g/mol. The van der Waals surface area contributed by atoms with Gasteiger partial charge >= 0.3 is 0 Å². The van der Waals surface area contributed by atoms with Crippen LogP contribution in [0.5, 0.6) is 0 Å². The van der Waals surface area contributed by atoms with Gasteiger partial charge in [-0.15, -0.1) is 0 Å². The number of pyridine rings is 1. The molecule has 1 aromatic rings. The third kappa shape index (κ3) is 2.50. The van der Waals surface area contributed by atoms with Crippen molar-refractivity contribution in [1.29, 1.82) is 0 Å². The molecule has 0 spiro atoms. The molecule has 0 aromatic carbocycles. The molecule has 0 saturated heterocycles. The predicted molar refractivity (Wildman–Crippen MR) is 68.1 cm³/mol. The summed E-state index contributed by atoms with van der Waals surface area (Å²) in [6.45, 7) is 7.80. The molecule has 0 radical (unpaired) electrons. The minimum absolute atomic E-state index is 0.300. The van der Waals surface area contributed by atoms with Crippen molar-refractivity contribution in [3.63, 3.8) is 0 Å². The van der Waals surface area contributed by atoms with E-state index in [-0.39, 0.29) is 0 Å². The summed E-state index contributed by atoms with van der Waals surface area (Å²) < 4.78 is 0. The maximum absolute atomic E-state index is 4.42. The highest BCUT2D eigenvalue weighted by atomic mass is 14.9. The summed E-state index contributed by atoms with van der Waals surface area (Å²) >= 11 is 0. The van der Waals surface area contributed by atoms with Crippen molar-refractivity contribution < 1.29 is 0 Å². The lowest BCUT2D eigenvalue weighted by Crippen LogP contribution is -2.42. The van der Waals surface area contributed by atoms with E-state index in [9.17, 15) is 0 Å². The van der Waals surface area contributed by atoms with Crippen molar-refractivity contribution in [2.24, 2.45) is 5.41 Å². The SMILES string of the molecule is CC(C)(C)C1CC(c2ccccn2)=CCN1. The summed E-state index contributed by atoms with van der Waals surface area (Å²) in [5.74, 6) is 0. The highest BCUT2D eigenvalue weighted by Gasteiger charge is 2.27. The Hall–Kier alpha value is -1.15. The third-order valence-electron chi connectivity index (χ3n) is 3.18. The molecule has 0 amide bonds. The summed E-state index contributed by atoms with van der Waals surface area (Å²) in [6, 6.07) is 6.65. The van der Waals surface area contributed by atoms with Gasteiger partial charge in [0.2, 0.25) is 0 Å². The van der Waals surface area contributed by atoms with E-state index in [1.54, 1.807) is 0 Å². The van der Waals surface area contributed by atoms with Crippen LogP contribution in [0.1, 0.15) is 32.9 Å². The smallest absolute Gasteiger partial charge is 0.0659 e. The highest BCUT2D eigenvalue weighted by Crippen LogP contribution is 2.30. The first-order valence-electron chi connectivity index (χ1n) is 5.91. The minimum Gasteiger partial charge on any atom is -0.310 e. The molecule has 2 nitrogen and oxygen atoms in total. The molecule has 0 aliphatic carbocycles. The molecule has 1 N–H and O–H groups in total. The molecular formula is C14H20N2. The number of hydrogen-bond acceptors (Lipinski definition) is 2. The van der Waals surface area contributed by atoms with E-state index >= 15 is 0 Å². The molecule has 86 valence electrons. The Morgan fingerprint density at radius 2 is 2.12 bits per heavy atom. The zero-order valence-corrected chi connectivity index (χ0v) is 10.3. The van der Waals surface area contributed by atoms with Crippen LogP contribution in [0.15, 0.2) is 30.5 Å². The second-order valence-electron chi connectivity index (χ2n) is 5.48. The molecule has 0 bridgehead atoms. The zero-order chi connectivity index (χ0) is 11.6. The molecule has 1 aromatic heterocycles. The molecule has 2 heteroatoms. The van der Waals surface area contributed by atoms with Gasteiger partial charge in [-0.3, -0.25) is 4.98 Å². The fourth-order valence-corrected chi connectivity index (χ4v) is 2.07. The van der Waals surface area contributed by atoms with E-state index in [4.69, 9.17) is 0 Å². The van der Waals surface area contributed by atoms with Gasteiger partial charge in [0.05, 0.1) is 5.69 Å². The molecule has 1 atom stereocenters. The van der Waals surface area contributed by atoms with Crippen molar-refractivity contribution in [1.82, 2.24) is 10.3 Å². The Kier molecular flexibility index (Phi) is 3.10. The van der Waals surface area contributed by atoms with Crippen LogP contribution in [0, 0.1) is 5.41 Å². The van der Waals surface area contributed by atoms with E-state index in [2.05, 4.69) is 49.3 Å². The average Bonchev–Trinajstić information content (AvgIpc) is 2.29. The Bertz CT molecular complexity index is 373. The van der Waals surface area contributed by atoms with Gasteiger partial charge in [0.15, 0.2) is 0 Å². The quantitative estimate of drug-likeness (QED) is 0.780. The van der Waals surface area contributed by atoms with Gasteiger partial charge in [0.1, 0.15) is 0 Å². The van der Waals surface area contributed by atoms with E-state index in [1.807, 2.05) is 12.3 Å². The lowest BCUT2D eigenvalue weighted by atomic mass is 9.81. The molecule has 2 heterocycles. The summed E-state index contributed by atoms with van der Waals surface area (Å²) in [5.41, 5.74) is 2.80. The predicted octanol–water partition coefficient (Wildman–Crippen LogP) is 2.87. The first-order valence-corrected chi connectivity index (χ1v) is 5.91. The topological polar surface area (TPSA) is 24.9 Å². The average molecular weight is 216 g/mol. The van der Waals surface area contributed by atoms with Crippen LogP contribution in [0.4, 0.5) is 0 Å². The maximum atomic E-state index is 4.42. The van der Waals surface area contributed by atoms with Crippen molar-refractivity contribution in [2.45, 2.75) is 33.2 Å². The second-order valence-corrected chi connectivity index (χ2v) is 5.48. The van der Waals surface area contributed by atoms with Gasteiger partial charge < -0.3 is 5.32 Å². The van der Waals surface area contributed by atoms with Gasteiger partial charge in [0.25, 0.3) is 0 Å². The lowest BCUT2D eigenvalue weighted by Gasteiger charge is -2.34. The third-order valence-corrected chi connectivity index (χ3v) is 3.18. The summed E-state index contributed by atoms with van der Waals surface area (Å²) in [4.78, 5) is 4.42. The van der Waals surface area contributed by atoms with Crippen molar-refractivity contribution in [3.05, 3.63) is 36.2 Å². The number of hydrogen-bond donors (Lipinski definition) is 1. The fraction of sp³-hybridized carbons (Fsp3) is 0.500. The molecule has 16 heavy (non-hydrogen) atoms. The summed E-state index contributed by atoms with van der Waals surface area (Å²) in [5, 5.41) is 3.55. The van der Waals surface area contributed by atoms with Gasteiger partial charge in [-0.05, 0) is 29.5 Å². The Morgan fingerprint density at radius 1 is 1.31 bits per heavy atom. The van der Waals surface area contributed by atoms with Gasteiger partial charge in [-0.1, -0.05) is 32.9 Å². The number of nitrogens with one attached hydrogen (secondary N) is 1. The van der Waals surface area contributed by atoms with Gasteiger partial charge in [0, 0.05) is 18.8 Å². The minimum atomic E-state index is 0.300. The van der Waals surface area contributed by atoms with Gasteiger partial charge in [-0.25, -0.2) is 0 Å². The van der Waals surface area contributed by atoms with Crippen LogP contribution < -0.4 is 5.32 Å². The number of rotatable bonds is 1. The van der Waals surface area contributed by atoms with Crippen molar-refractivity contribution >= 4 is 5.57 Å². The highest BCUT2D eigenvalue weighted by molar-refractivity contribution is 5.64. The summed E-state index contributed by atoms with van der Waals surface area (Å²) in [7, 11) is 0. The molecule has 1 unspecified atom stereocenters. The molecule has 1 aliphatic heterocycles. The second kappa shape index (κ2) is 4.38. The Morgan fingerprint density at radius 3 is 2.75 bits per heavy atom. The van der Waals surface area contributed by atoms with E-state index in [0.717, 1.165) is 18.7 Å². The normalized spacial score (nSPS) is 21.7. The van der Waals surface area contributed by atoms with Crippen LogP contribution in [-0.4, -0.2) is 17.6 Å². The lowest BCUT2D eigenvalue weighted by molar-refractivity contribution is 0.274. The molecule has 2 rings (SSSR count). The largest absolute Gasteiger partial charge is 0.310 e. The first-order chi connectivity index (χ1) is 7.57. The van der Waals surface area contributed by atoms with Crippen LogP contribution in [0.3, 0.4) is 0 Å². The Balaban J connectivity index is 2.17. The van der Waals surface area contributed by atoms with Crippen molar-refractivity contribution in [2.75, 3.05) is 6.54 Å². The maximum Gasteiger partial charge on any atom is 0.0659 e.